The average molecular weight is 194 g/mol. The maximum atomic E-state index is 8.63. The Morgan fingerprint density at radius 2 is 2.31 bits per heavy atom. The molecule has 0 radical (unpaired) electrons. The molecule has 3 nitrogen and oxygen atoms in total. The maximum Gasteiger partial charge on any atom is 0.0992 e. The van der Waals surface area contributed by atoms with Crippen LogP contribution in [0.25, 0.3) is 0 Å². The summed E-state index contributed by atoms with van der Waals surface area (Å²) < 4.78 is 0. The summed E-state index contributed by atoms with van der Waals surface area (Å²) in [6.45, 7) is 0.112. The van der Waals surface area contributed by atoms with Gasteiger partial charge in [-0.3, -0.25) is 0 Å². The number of nitrogen functional groups attached to an aromatic ring is 1. The molecule has 0 unspecified atom stereocenters. The Labute approximate surface area is 81.2 Å². The molecule has 0 heterocycles. The number of aliphatic hydroxyl groups excluding tert-OH is 1. The van der Waals surface area contributed by atoms with Gasteiger partial charge in [-0.15, -0.1) is 11.8 Å². The van der Waals surface area contributed by atoms with Gasteiger partial charge >= 0.3 is 0 Å². The first-order valence-corrected chi connectivity index (χ1v) is 4.79. The number of nitrogens with zero attached hydrogens (tertiary/aromatic N) is 1. The van der Waals surface area contributed by atoms with Gasteiger partial charge in [-0.05, 0) is 18.2 Å². The molecule has 13 heavy (non-hydrogen) atoms. The van der Waals surface area contributed by atoms with Crippen molar-refractivity contribution in [2.24, 2.45) is 0 Å². The highest BCUT2D eigenvalue weighted by Crippen LogP contribution is 2.25. The number of rotatable bonds is 3. The van der Waals surface area contributed by atoms with Crippen molar-refractivity contribution in [2.75, 3.05) is 18.1 Å². The van der Waals surface area contributed by atoms with E-state index >= 15 is 0 Å². The zero-order chi connectivity index (χ0) is 9.68. The van der Waals surface area contributed by atoms with Crippen molar-refractivity contribution in [1.29, 1.82) is 5.26 Å². The number of aliphatic hydroxyl groups is 1. The van der Waals surface area contributed by atoms with Gasteiger partial charge in [0.25, 0.3) is 0 Å². The topological polar surface area (TPSA) is 70.0 Å². The summed E-state index contributed by atoms with van der Waals surface area (Å²) in [5, 5.41) is 17.2. The molecule has 0 fully saturated rings. The standard InChI is InChI=1S/C9H10N2OS/c10-6-7-1-2-8(11)9(5-7)13-4-3-12/h1-2,5,12H,3-4,11H2. The number of benzene rings is 1. The Hall–Kier alpha value is -1.18. The lowest BCUT2D eigenvalue weighted by Gasteiger charge is -2.03. The molecule has 0 aliphatic heterocycles. The lowest BCUT2D eigenvalue weighted by Crippen LogP contribution is -1.92. The molecule has 0 saturated carbocycles. The molecule has 0 saturated heterocycles. The predicted molar refractivity (Wildman–Crippen MR) is 53.4 cm³/mol. The summed E-state index contributed by atoms with van der Waals surface area (Å²) in [5.74, 6) is 0.596. The summed E-state index contributed by atoms with van der Waals surface area (Å²) in [7, 11) is 0. The van der Waals surface area contributed by atoms with E-state index in [0.717, 1.165) is 4.90 Å². The molecule has 0 aliphatic carbocycles. The SMILES string of the molecule is N#Cc1ccc(N)c(SCCO)c1. The third-order valence-electron chi connectivity index (χ3n) is 1.49. The Morgan fingerprint density at radius 3 is 2.92 bits per heavy atom. The van der Waals surface area contributed by atoms with Crippen LogP contribution in [0, 0.1) is 11.3 Å². The summed E-state index contributed by atoms with van der Waals surface area (Å²) in [5.41, 5.74) is 6.92. The van der Waals surface area contributed by atoms with Crippen LogP contribution in [0.5, 0.6) is 0 Å². The van der Waals surface area contributed by atoms with Gasteiger partial charge in [-0.1, -0.05) is 0 Å². The Balaban J connectivity index is 2.85. The van der Waals surface area contributed by atoms with E-state index in [0.29, 0.717) is 17.0 Å². The lowest BCUT2D eigenvalue weighted by atomic mass is 10.2. The van der Waals surface area contributed by atoms with Gasteiger partial charge in [0, 0.05) is 16.3 Å². The highest BCUT2D eigenvalue weighted by molar-refractivity contribution is 7.99. The van der Waals surface area contributed by atoms with Crippen molar-refractivity contribution < 1.29 is 5.11 Å². The zero-order valence-electron chi connectivity index (χ0n) is 7.03. The molecule has 1 aromatic carbocycles. The number of thioether (sulfide) groups is 1. The van der Waals surface area contributed by atoms with E-state index in [2.05, 4.69) is 0 Å². The fourth-order valence-corrected chi connectivity index (χ4v) is 1.64. The van der Waals surface area contributed by atoms with Gasteiger partial charge in [0.2, 0.25) is 0 Å². The number of nitrogens with two attached hydrogens (primary N) is 1. The van der Waals surface area contributed by atoms with Crippen molar-refractivity contribution in [3.05, 3.63) is 23.8 Å². The molecular formula is C9H10N2OS. The van der Waals surface area contributed by atoms with Crippen molar-refractivity contribution in [2.45, 2.75) is 4.90 Å². The molecule has 0 amide bonds. The second-order valence-electron chi connectivity index (χ2n) is 2.44. The molecule has 4 heteroatoms. The number of hydrogen-bond donors (Lipinski definition) is 2. The van der Waals surface area contributed by atoms with Crippen LogP contribution in [0.1, 0.15) is 5.56 Å². The fraction of sp³-hybridized carbons (Fsp3) is 0.222. The Morgan fingerprint density at radius 1 is 1.54 bits per heavy atom. The minimum atomic E-state index is 0.112. The van der Waals surface area contributed by atoms with Crippen molar-refractivity contribution in [1.82, 2.24) is 0 Å². The molecule has 1 rings (SSSR count). The van der Waals surface area contributed by atoms with Gasteiger partial charge in [-0.25, -0.2) is 0 Å². The molecule has 68 valence electrons. The van der Waals surface area contributed by atoms with Crippen molar-refractivity contribution in [3.8, 4) is 6.07 Å². The van der Waals surface area contributed by atoms with Gasteiger partial charge in [-0.2, -0.15) is 5.26 Å². The zero-order valence-corrected chi connectivity index (χ0v) is 7.84. The Kier molecular flexibility index (Phi) is 3.62. The third-order valence-corrected chi connectivity index (χ3v) is 2.54. The smallest absolute Gasteiger partial charge is 0.0992 e. The first kappa shape index (κ1) is 9.90. The monoisotopic (exact) mass is 194 g/mol. The minimum Gasteiger partial charge on any atom is -0.398 e. The second kappa shape index (κ2) is 4.75. The maximum absolute atomic E-state index is 8.63. The molecule has 1 aromatic rings. The number of hydrogen-bond acceptors (Lipinski definition) is 4. The van der Waals surface area contributed by atoms with Crippen LogP contribution < -0.4 is 5.73 Å². The van der Waals surface area contributed by atoms with Crippen LogP contribution in [0.2, 0.25) is 0 Å². The summed E-state index contributed by atoms with van der Waals surface area (Å²) in [4.78, 5) is 0.855. The first-order chi connectivity index (χ1) is 6.27. The number of anilines is 1. The molecule has 0 aromatic heterocycles. The quantitative estimate of drug-likeness (QED) is 0.560. The van der Waals surface area contributed by atoms with Gasteiger partial charge in [0.15, 0.2) is 0 Å². The molecule has 0 spiro atoms. The van der Waals surface area contributed by atoms with Crippen LogP contribution in [-0.2, 0) is 0 Å². The highest BCUT2D eigenvalue weighted by Gasteiger charge is 2.00. The van der Waals surface area contributed by atoms with E-state index in [4.69, 9.17) is 16.1 Å². The van der Waals surface area contributed by atoms with Crippen LogP contribution in [0.15, 0.2) is 23.1 Å². The van der Waals surface area contributed by atoms with Crippen LogP contribution in [0.4, 0.5) is 5.69 Å². The molecule has 0 atom stereocenters. The van der Waals surface area contributed by atoms with E-state index in [-0.39, 0.29) is 6.61 Å². The molecule has 0 bridgehead atoms. The largest absolute Gasteiger partial charge is 0.398 e. The normalized spacial score (nSPS) is 9.54. The summed E-state index contributed by atoms with van der Waals surface area (Å²) in [6, 6.07) is 7.16. The van der Waals surface area contributed by atoms with E-state index in [1.54, 1.807) is 18.2 Å². The average Bonchev–Trinajstić information content (AvgIpc) is 2.17. The highest BCUT2D eigenvalue weighted by atomic mass is 32.2. The number of nitriles is 1. The Bertz CT molecular complexity index is 333. The van der Waals surface area contributed by atoms with E-state index in [1.807, 2.05) is 6.07 Å². The van der Waals surface area contributed by atoms with E-state index < -0.39 is 0 Å². The fourth-order valence-electron chi connectivity index (χ4n) is 0.885. The molecule has 3 N–H and O–H groups in total. The molecule has 0 aliphatic rings. The summed E-state index contributed by atoms with van der Waals surface area (Å²) in [6.07, 6.45) is 0. The van der Waals surface area contributed by atoms with Gasteiger partial charge in [0.05, 0.1) is 18.2 Å². The van der Waals surface area contributed by atoms with Gasteiger partial charge in [0.1, 0.15) is 0 Å². The van der Waals surface area contributed by atoms with Crippen molar-refractivity contribution in [3.63, 3.8) is 0 Å². The first-order valence-electron chi connectivity index (χ1n) is 3.81. The van der Waals surface area contributed by atoms with Crippen LogP contribution >= 0.6 is 11.8 Å². The third kappa shape index (κ3) is 2.65. The minimum absolute atomic E-state index is 0.112. The van der Waals surface area contributed by atoms with Gasteiger partial charge < -0.3 is 10.8 Å². The molecular weight excluding hydrogens is 184 g/mol. The van der Waals surface area contributed by atoms with E-state index in [9.17, 15) is 0 Å². The second-order valence-corrected chi connectivity index (χ2v) is 3.57. The van der Waals surface area contributed by atoms with Crippen LogP contribution in [0.3, 0.4) is 0 Å². The van der Waals surface area contributed by atoms with E-state index in [1.165, 1.54) is 11.8 Å². The van der Waals surface area contributed by atoms with Crippen molar-refractivity contribution >= 4 is 17.4 Å². The lowest BCUT2D eigenvalue weighted by molar-refractivity contribution is 0.322. The van der Waals surface area contributed by atoms with Crippen LogP contribution in [-0.4, -0.2) is 17.5 Å². The predicted octanol–water partition coefficient (Wildman–Crippen LogP) is 1.22. The summed E-state index contributed by atoms with van der Waals surface area (Å²) >= 11 is 1.45.